The molecule has 34 heavy (non-hydrogen) atoms. The Bertz CT molecular complexity index is 1070. The molecule has 0 spiro atoms. The molecule has 10 nitrogen and oxygen atoms in total. The van der Waals surface area contributed by atoms with Crippen molar-refractivity contribution in [3.63, 3.8) is 0 Å². The summed E-state index contributed by atoms with van der Waals surface area (Å²) in [7, 11) is -3.87. The van der Waals surface area contributed by atoms with E-state index in [4.69, 9.17) is 4.74 Å². The summed E-state index contributed by atoms with van der Waals surface area (Å²) in [4.78, 5) is 15.4. The quantitative estimate of drug-likeness (QED) is 0.420. The highest BCUT2D eigenvalue weighted by molar-refractivity contribution is 7.89. The highest BCUT2D eigenvalue weighted by Crippen LogP contribution is 2.29. The van der Waals surface area contributed by atoms with Gasteiger partial charge in [-0.3, -0.25) is 19.9 Å². The van der Waals surface area contributed by atoms with Crippen molar-refractivity contribution in [1.82, 2.24) is 14.1 Å². The Morgan fingerprint density at radius 3 is 2.29 bits per heavy atom. The van der Waals surface area contributed by atoms with Crippen molar-refractivity contribution >= 4 is 21.4 Å². The van der Waals surface area contributed by atoms with Crippen molar-refractivity contribution in [3.05, 3.63) is 64.2 Å². The number of sulfonamides is 1. The predicted molar refractivity (Wildman–Crippen MR) is 129 cm³/mol. The lowest BCUT2D eigenvalue weighted by atomic mass is 10.2. The molecule has 1 N–H and O–H groups in total. The average Bonchev–Trinajstić information content (AvgIpc) is 2.86. The van der Waals surface area contributed by atoms with Gasteiger partial charge in [0.2, 0.25) is 10.0 Å². The zero-order valence-corrected chi connectivity index (χ0v) is 20.0. The molecular weight excluding hydrogens is 458 g/mol. The molecule has 2 heterocycles. The standard InChI is InChI=1S/C23H31N5O5S/c29-28(30)21-6-7-22(23(18-21)34(31,32)27-14-16-33-17-15-27)24-8-9-25-10-12-26(13-11-25)19-20-4-2-1-3-5-20/h1-7,18,24H,8-17,19H2. The molecule has 2 fully saturated rings. The van der Waals surface area contributed by atoms with Gasteiger partial charge in [0.25, 0.3) is 5.69 Å². The van der Waals surface area contributed by atoms with Gasteiger partial charge >= 0.3 is 0 Å². The minimum absolute atomic E-state index is 0.0590. The first-order valence-electron chi connectivity index (χ1n) is 11.5. The minimum Gasteiger partial charge on any atom is -0.383 e. The van der Waals surface area contributed by atoms with Gasteiger partial charge in [-0.05, 0) is 11.6 Å². The maximum absolute atomic E-state index is 13.2. The second-order valence-electron chi connectivity index (χ2n) is 8.48. The molecule has 0 atom stereocenters. The molecule has 2 aliphatic heterocycles. The van der Waals surface area contributed by atoms with E-state index in [0.29, 0.717) is 25.4 Å². The molecule has 4 rings (SSSR count). The largest absolute Gasteiger partial charge is 0.383 e. The Morgan fingerprint density at radius 2 is 1.62 bits per heavy atom. The van der Waals surface area contributed by atoms with E-state index in [0.717, 1.165) is 45.3 Å². The predicted octanol–water partition coefficient (Wildman–Crippen LogP) is 1.85. The second-order valence-corrected chi connectivity index (χ2v) is 10.4. The van der Waals surface area contributed by atoms with Crippen molar-refractivity contribution in [3.8, 4) is 0 Å². The average molecular weight is 490 g/mol. The molecule has 0 saturated carbocycles. The van der Waals surface area contributed by atoms with Crippen LogP contribution in [0.15, 0.2) is 53.4 Å². The van der Waals surface area contributed by atoms with Gasteiger partial charge in [-0.15, -0.1) is 0 Å². The molecule has 2 aliphatic rings. The number of nitrogens with one attached hydrogen (secondary N) is 1. The Balaban J connectivity index is 1.35. The molecule has 2 aromatic rings. The van der Waals surface area contributed by atoms with Crippen LogP contribution < -0.4 is 5.32 Å². The Kier molecular flexibility index (Phi) is 8.11. The van der Waals surface area contributed by atoms with Crippen molar-refractivity contribution in [1.29, 1.82) is 0 Å². The highest BCUT2D eigenvalue weighted by atomic mass is 32.2. The summed E-state index contributed by atoms with van der Waals surface area (Å²) in [6.07, 6.45) is 0. The number of hydrogen-bond donors (Lipinski definition) is 1. The molecule has 0 aromatic heterocycles. The van der Waals surface area contributed by atoms with Gasteiger partial charge in [0.05, 0.1) is 23.8 Å². The van der Waals surface area contributed by atoms with Crippen LogP contribution >= 0.6 is 0 Å². The van der Waals surface area contributed by atoms with Crippen molar-refractivity contribution in [2.24, 2.45) is 0 Å². The summed E-state index contributed by atoms with van der Waals surface area (Å²) >= 11 is 0. The number of nitrogens with zero attached hydrogens (tertiary/aromatic N) is 4. The summed E-state index contributed by atoms with van der Waals surface area (Å²) in [6, 6.07) is 14.4. The fourth-order valence-electron chi connectivity index (χ4n) is 4.27. The summed E-state index contributed by atoms with van der Waals surface area (Å²) in [5.41, 5.74) is 1.46. The highest BCUT2D eigenvalue weighted by Gasteiger charge is 2.30. The van der Waals surface area contributed by atoms with Gasteiger partial charge in [0.15, 0.2) is 0 Å². The number of anilines is 1. The van der Waals surface area contributed by atoms with Crippen LogP contribution in [0.4, 0.5) is 11.4 Å². The van der Waals surface area contributed by atoms with E-state index in [2.05, 4.69) is 39.4 Å². The lowest BCUT2D eigenvalue weighted by Crippen LogP contribution is -2.47. The number of non-ortho nitro benzene ring substituents is 1. The van der Waals surface area contributed by atoms with Crippen LogP contribution in [-0.4, -0.2) is 93.0 Å². The molecule has 184 valence electrons. The van der Waals surface area contributed by atoms with E-state index in [1.165, 1.54) is 22.0 Å². The van der Waals surface area contributed by atoms with E-state index in [-0.39, 0.29) is 23.7 Å². The summed E-state index contributed by atoms with van der Waals surface area (Å²) in [5.74, 6) is 0. The summed E-state index contributed by atoms with van der Waals surface area (Å²) < 4.78 is 33.0. The minimum atomic E-state index is -3.87. The van der Waals surface area contributed by atoms with Crippen LogP contribution in [0.3, 0.4) is 0 Å². The van der Waals surface area contributed by atoms with Crippen molar-refractivity contribution in [2.45, 2.75) is 11.4 Å². The number of benzene rings is 2. The fraction of sp³-hybridized carbons (Fsp3) is 0.478. The van der Waals surface area contributed by atoms with E-state index in [1.807, 2.05) is 6.07 Å². The van der Waals surface area contributed by atoms with Crippen LogP contribution in [0, 0.1) is 10.1 Å². The number of rotatable bonds is 9. The smallest absolute Gasteiger partial charge is 0.270 e. The fourth-order valence-corrected chi connectivity index (χ4v) is 5.87. The third-order valence-corrected chi connectivity index (χ3v) is 8.16. The summed E-state index contributed by atoms with van der Waals surface area (Å²) in [5, 5.41) is 14.5. The van der Waals surface area contributed by atoms with Crippen molar-refractivity contribution in [2.75, 3.05) is 70.9 Å². The van der Waals surface area contributed by atoms with Gasteiger partial charge in [0.1, 0.15) is 4.90 Å². The van der Waals surface area contributed by atoms with Gasteiger partial charge < -0.3 is 10.1 Å². The first-order chi connectivity index (χ1) is 16.4. The molecule has 11 heteroatoms. The Labute approximate surface area is 200 Å². The number of piperazine rings is 1. The zero-order chi connectivity index (χ0) is 24.0. The lowest BCUT2D eigenvalue weighted by molar-refractivity contribution is -0.385. The molecular formula is C23H31N5O5S. The van der Waals surface area contributed by atoms with E-state index >= 15 is 0 Å². The molecule has 2 saturated heterocycles. The number of nitro groups is 1. The van der Waals surface area contributed by atoms with Crippen LogP contribution in [0.1, 0.15) is 5.56 Å². The monoisotopic (exact) mass is 489 g/mol. The molecule has 0 unspecified atom stereocenters. The van der Waals surface area contributed by atoms with E-state index in [1.54, 1.807) is 0 Å². The van der Waals surface area contributed by atoms with Gasteiger partial charge in [-0.2, -0.15) is 4.31 Å². The number of ether oxygens (including phenoxy) is 1. The first-order valence-corrected chi connectivity index (χ1v) is 13.0. The Morgan fingerprint density at radius 1 is 0.941 bits per heavy atom. The Hall–Kier alpha value is -2.57. The molecule has 0 bridgehead atoms. The first kappa shape index (κ1) is 24.6. The normalized spacial score (nSPS) is 18.6. The van der Waals surface area contributed by atoms with E-state index in [9.17, 15) is 18.5 Å². The third kappa shape index (κ3) is 6.10. The number of morpholine rings is 1. The molecule has 0 amide bonds. The zero-order valence-electron chi connectivity index (χ0n) is 19.1. The molecule has 0 aliphatic carbocycles. The lowest BCUT2D eigenvalue weighted by Gasteiger charge is -2.34. The summed E-state index contributed by atoms with van der Waals surface area (Å²) in [6.45, 7) is 7.16. The van der Waals surface area contributed by atoms with Gasteiger partial charge in [-0.1, -0.05) is 30.3 Å². The molecule has 2 aromatic carbocycles. The van der Waals surface area contributed by atoms with Crippen LogP contribution in [0.2, 0.25) is 0 Å². The maximum Gasteiger partial charge on any atom is 0.270 e. The topological polar surface area (TPSA) is 108 Å². The maximum atomic E-state index is 13.2. The van der Waals surface area contributed by atoms with E-state index < -0.39 is 14.9 Å². The van der Waals surface area contributed by atoms with Crippen LogP contribution in [-0.2, 0) is 21.3 Å². The van der Waals surface area contributed by atoms with Crippen molar-refractivity contribution < 1.29 is 18.1 Å². The third-order valence-electron chi connectivity index (χ3n) is 6.22. The van der Waals surface area contributed by atoms with Crippen LogP contribution in [0.5, 0.6) is 0 Å². The van der Waals surface area contributed by atoms with Crippen LogP contribution in [0.25, 0.3) is 0 Å². The van der Waals surface area contributed by atoms with Gasteiger partial charge in [0, 0.05) is 71.0 Å². The number of hydrogen-bond acceptors (Lipinski definition) is 8. The second kappa shape index (κ2) is 11.2. The molecule has 0 radical (unpaired) electrons. The van der Waals surface area contributed by atoms with Gasteiger partial charge in [-0.25, -0.2) is 8.42 Å². The SMILES string of the molecule is O=[N+]([O-])c1ccc(NCCN2CCN(Cc3ccccc3)CC2)c(S(=O)(=O)N2CCOCC2)c1. The number of nitro benzene ring substituents is 1.